The number of hydrazine groups is 1. The summed E-state index contributed by atoms with van der Waals surface area (Å²) >= 11 is 0. The summed E-state index contributed by atoms with van der Waals surface area (Å²) in [6, 6.07) is 9.31. The van der Waals surface area contributed by atoms with Crippen LogP contribution < -0.4 is 21.1 Å². The number of carbonyl (C=O) groups is 3. The van der Waals surface area contributed by atoms with Gasteiger partial charge in [0.2, 0.25) is 0 Å². The Morgan fingerprint density at radius 1 is 1.13 bits per heavy atom. The van der Waals surface area contributed by atoms with E-state index in [1.807, 2.05) is 6.07 Å². The highest BCUT2D eigenvalue weighted by atomic mass is 19.4. The van der Waals surface area contributed by atoms with Crippen LogP contribution in [0.1, 0.15) is 45.9 Å². The van der Waals surface area contributed by atoms with Crippen molar-refractivity contribution < 1.29 is 27.6 Å². The summed E-state index contributed by atoms with van der Waals surface area (Å²) in [7, 11) is 1.44. The molecule has 39 heavy (non-hydrogen) atoms. The molecule has 0 bridgehead atoms. The second-order valence-corrected chi connectivity index (χ2v) is 9.71. The van der Waals surface area contributed by atoms with E-state index in [4.69, 9.17) is 0 Å². The third-order valence-electron chi connectivity index (χ3n) is 7.23. The standard InChI is InChI=1S/C27H25F3N6O3/c1-35-24(19-6-5-15(11-31)9-20(19)25(38)32-12-16-13-33-34-14-16)23-21(7-8-22(23)37)36(26(35)39)18-4-2-3-17(10-18)27(28,29)30/h2-6,9-10,16,24,33-34H,7-8,12-14H2,1H3,(H,32,38). The smallest absolute Gasteiger partial charge is 0.352 e. The van der Waals surface area contributed by atoms with Crippen molar-refractivity contribution >= 4 is 23.4 Å². The Morgan fingerprint density at radius 3 is 2.56 bits per heavy atom. The summed E-state index contributed by atoms with van der Waals surface area (Å²) in [6.45, 7) is 1.70. The van der Waals surface area contributed by atoms with E-state index in [1.54, 1.807) is 6.07 Å². The fraction of sp³-hybridized carbons (Fsp3) is 0.333. The van der Waals surface area contributed by atoms with Crippen molar-refractivity contribution in [3.8, 4) is 6.07 Å². The number of urea groups is 1. The third-order valence-corrected chi connectivity index (χ3v) is 7.23. The fourth-order valence-corrected chi connectivity index (χ4v) is 5.28. The summed E-state index contributed by atoms with van der Waals surface area (Å²) in [5.41, 5.74) is 6.36. The second-order valence-electron chi connectivity index (χ2n) is 9.71. The molecule has 3 amide bonds. The van der Waals surface area contributed by atoms with E-state index in [0.29, 0.717) is 30.9 Å². The van der Waals surface area contributed by atoms with Crippen LogP contribution in [0.15, 0.2) is 53.7 Å². The highest BCUT2D eigenvalue weighted by Gasteiger charge is 2.46. The molecule has 2 aliphatic heterocycles. The van der Waals surface area contributed by atoms with Gasteiger partial charge in [-0.25, -0.2) is 4.79 Å². The zero-order chi connectivity index (χ0) is 27.9. The maximum atomic E-state index is 13.7. The molecule has 202 valence electrons. The summed E-state index contributed by atoms with van der Waals surface area (Å²) < 4.78 is 40.3. The molecule has 2 heterocycles. The molecule has 5 rings (SSSR count). The van der Waals surface area contributed by atoms with Gasteiger partial charge in [-0.1, -0.05) is 12.1 Å². The first-order valence-corrected chi connectivity index (χ1v) is 12.4. The zero-order valence-corrected chi connectivity index (χ0v) is 20.9. The van der Waals surface area contributed by atoms with Gasteiger partial charge in [0.15, 0.2) is 5.78 Å². The molecule has 0 aromatic heterocycles. The largest absolute Gasteiger partial charge is 0.416 e. The number of hydrogen-bond donors (Lipinski definition) is 3. The first kappa shape index (κ1) is 26.4. The summed E-state index contributed by atoms with van der Waals surface area (Å²) in [5.74, 6) is -0.560. The number of allylic oxidation sites excluding steroid dienone is 1. The van der Waals surface area contributed by atoms with E-state index in [0.717, 1.165) is 17.0 Å². The molecule has 3 aliphatic rings. The lowest BCUT2D eigenvalue weighted by molar-refractivity contribution is -0.137. The number of amides is 3. The highest BCUT2D eigenvalue weighted by molar-refractivity contribution is 6.09. The number of benzene rings is 2. The monoisotopic (exact) mass is 538 g/mol. The average Bonchev–Trinajstić information content (AvgIpc) is 3.58. The fourth-order valence-electron chi connectivity index (χ4n) is 5.28. The topological polar surface area (TPSA) is 118 Å². The van der Waals surface area contributed by atoms with Gasteiger partial charge in [0, 0.05) is 55.9 Å². The van der Waals surface area contributed by atoms with Gasteiger partial charge >= 0.3 is 12.2 Å². The van der Waals surface area contributed by atoms with Crippen LogP contribution in [-0.2, 0) is 11.0 Å². The summed E-state index contributed by atoms with van der Waals surface area (Å²) in [5, 5.41) is 12.3. The van der Waals surface area contributed by atoms with Crippen molar-refractivity contribution in [1.82, 2.24) is 21.1 Å². The first-order valence-electron chi connectivity index (χ1n) is 12.4. The number of halogens is 3. The SMILES string of the molecule is CN1C(=O)N(c2cccc(C(F)(F)F)c2)C2=C(C(=O)CC2)C1c1ccc(C#N)cc1C(=O)NCC1CNNC1. The van der Waals surface area contributed by atoms with Gasteiger partial charge < -0.3 is 10.2 Å². The number of hydrogen-bond acceptors (Lipinski definition) is 6. The van der Waals surface area contributed by atoms with Gasteiger partial charge in [-0.15, -0.1) is 0 Å². The normalized spacial score (nSPS) is 19.9. The van der Waals surface area contributed by atoms with E-state index in [-0.39, 0.29) is 46.9 Å². The lowest BCUT2D eigenvalue weighted by atomic mass is 9.89. The van der Waals surface area contributed by atoms with Gasteiger partial charge in [0.25, 0.3) is 5.91 Å². The van der Waals surface area contributed by atoms with E-state index < -0.39 is 29.7 Å². The molecular weight excluding hydrogens is 513 g/mol. The number of likely N-dealkylation sites (N-methyl/N-ethyl adjacent to an activating group) is 1. The van der Waals surface area contributed by atoms with Crippen LogP contribution in [0.4, 0.5) is 23.7 Å². The quantitative estimate of drug-likeness (QED) is 0.538. The number of alkyl halides is 3. The molecule has 0 radical (unpaired) electrons. The molecule has 1 aliphatic carbocycles. The van der Waals surface area contributed by atoms with Crippen molar-refractivity contribution in [2.24, 2.45) is 5.92 Å². The molecule has 0 spiro atoms. The average molecular weight is 539 g/mol. The van der Waals surface area contributed by atoms with Crippen molar-refractivity contribution in [2.45, 2.75) is 25.1 Å². The molecule has 2 aromatic carbocycles. The minimum absolute atomic E-state index is 0.00102. The number of anilines is 1. The minimum Gasteiger partial charge on any atom is -0.352 e. The number of Topliss-reactive ketones (excluding diaryl/α,β-unsaturated/α-hetero) is 1. The number of rotatable bonds is 5. The maximum absolute atomic E-state index is 13.7. The lowest BCUT2D eigenvalue weighted by Crippen LogP contribution is -2.48. The molecule has 1 atom stereocenters. The van der Waals surface area contributed by atoms with Gasteiger partial charge in [-0.3, -0.25) is 25.3 Å². The molecule has 3 N–H and O–H groups in total. The van der Waals surface area contributed by atoms with E-state index >= 15 is 0 Å². The molecule has 1 unspecified atom stereocenters. The van der Waals surface area contributed by atoms with Crippen LogP contribution in [0.25, 0.3) is 0 Å². The van der Waals surface area contributed by atoms with Crippen LogP contribution in [-0.4, -0.2) is 49.3 Å². The number of nitriles is 1. The Kier molecular flexibility index (Phi) is 6.88. The molecule has 0 saturated carbocycles. The Hall–Kier alpha value is -4.21. The molecule has 12 heteroatoms. The van der Waals surface area contributed by atoms with Crippen molar-refractivity contribution in [3.05, 3.63) is 76.0 Å². The van der Waals surface area contributed by atoms with Crippen LogP contribution in [0.2, 0.25) is 0 Å². The van der Waals surface area contributed by atoms with Crippen LogP contribution in [0.5, 0.6) is 0 Å². The van der Waals surface area contributed by atoms with Crippen molar-refractivity contribution in [2.75, 3.05) is 31.6 Å². The molecule has 1 saturated heterocycles. The van der Waals surface area contributed by atoms with Crippen molar-refractivity contribution in [3.63, 3.8) is 0 Å². The van der Waals surface area contributed by atoms with Crippen molar-refractivity contribution in [1.29, 1.82) is 5.26 Å². The Labute approximate surface area is 222 Å². The van der Waals surface area contributed by atoms with Gasteiger partial charge in [-0.05, 0) is 42.3 Å². The lowest BCUT2D eigenvalue weighted by Gasteiger charge is -2.41. The number of nitrogens with zero attached hydrogens (tertiary/aromatic N) is 3. The van der Waals surface area contributed by atoms with Crippen LogP contribution >= 0.6 is 0 Å². The zero-order valence-electron chi connectivity index (χ0n) is 20.9. The predicted octanol–water partition coefficient (Wildman–Crippen LogP) is 3.26. The Bertz CT molecular complexity index is 1420. The third kappa shape index (κ3) is 4.86. The second kappa shape index (κ2) is 10.2. The summed E-state index contributed by atoms with van der Waals surface area (Å²) in [4.78, 5) is 42.6. The van der Waals surface area contributed by atoms with Crippen LogP contribution in [0, 0.1) is 17.2 Å². The molecule has 1 fully saturated rings. The number of ketones is 1. The van der Waals surface area contributed by atoms with E-state index in [9.17, 15) is 32.8 Å². The summed E-state index contributed by atoms with van der Waals surface area (Å²) in [6.07, 6.45) is -4.36. The first-order chi connectivity index (χ1) is 18.6. The number of carbonyl (C=O) groups excluding carboxylic acids is 3. The van der Waals surface area contributed by atoms with Gasteiger partial charge in [-0.2, -0.15) is 18.4 Å². The Morgan fingerprint density at radius 2 is 1.87 bits per heavy atom. The molecule has 9 nitrogen and oxygen atoms in total. The minimum atomic E-state index is -4.61. The molecule has 2 aromatic rings. The molecular formula is C27H25F3N6O3. The van der Waals surface area contributed by atoms with Gasteiger partial charge in [0.05, 0.1) is 28.9 Å². The van der Waals surface area contributed by atoms with Gasteiger partial charge in [0.1, 0.15) is 0 Å². The predicted molar refractivity (Wildman–Crippen MR) is 134 cm³/mol. The van der Waals surface area contributed by atoms with Crippen LogP contribution in [0.3, 0.4) is 0 Å². The Balaban J connectivity index is 1.58. The number of nitrogens with one attached hydrogen (secondary N) is 3. The highest BCUT2D eigenvalue weighted by Crippen LogP contribution is 2.45. The van der Waals surface area contributed by atoms with E-state index in [2.05, 4.69) is 16.2 Å². The van der Waals surface area contributed by atoms with E-state index in [1.165, 1.54) is 36.2 Å². The maximum Gasteiger partial charge on any atom is 0.416 e.